The summed E-state index contributed by atoms with van der Waals surface area (Å²) in [7, 11) is -3.23. The topological polar surface area (TPSA) is 107 Å². The molecule has 1 heterocycles. The van der Waals surface area contributed by atoms with E-state index in [-0.39, 0.29) is 31.5 Å². The minimum Gasteiger partial charge on any atom is -0.481 e. The van der Waals surface area contributed by atoms with Gasteiger partial charge in [-0.25, -0.2) is 13.2 Å². The number of aliphatic carboxylic acids is 1. The highest BCUT2D eigenvalue weighted by molar-refractivity contribution is 7.88. The van der Waals surface area contributed by atoms with Crippen molar-refractivity contribution in [2.75, 3.05) is 32.4 Å². The molecule has 1 fully saturated rings. The van der Waals surface area contributed by atoms with Crippen molar-refractivity contribution >= 4 is 22.0 Å². The lowest BCUT2D eigenvalue weighted by molar-refractivity contribution is -0.137. The van der Waals surface area contributed by atoms with Gasteiger partial charge in [0.05, 0.1) is 12.7 Å². The zero-order valence-corrected chi connectivity index (χ0v) is 13.4. The molecule has 2 amide bonds. The Bertz CT molecular complexity index is 483. The fourth-order valence-corrected chi connectivity index (χ4v) is 2.94. The molecule has 0 aromatic carbocycles. The van der Waals surface area contributed by atoms with E-state index < -0.39 is 22.0 Å². The second-order valence-electron chi connectivity index (χ2n) is 5.55. The summed E-state index contributed by atoms with van der Waals surface area (Å²) in [4.78, 5) is 24.4. The molecule has 0 aromatic rings. The van der Waals surface area contributed by atoms with E-state index in [1.54, 1.807) is 0 Å². The minimum absolute atomic E-state index is 0.00218. The molecule has 8 nitrogen and oxygen atoms in total. The summed E-state index contributed by atoms with van der Waals surface area (Å²) >= 11 is 0. The van der Waals surface area contributed by atoms with Crippen LogP contribution in [-0.2, 0) is 14.8 Å². The van der Waals surface area contributed by atoms with E-state index in [9.17, 15) is 18.0 Å². The van der Waals surface area contributed by atoms with Gasteiger partial charge in [-0.3, -0.25) is 4.79 Å². The molecule has 1 aliphatic rings. The monoisotopic (exact) mass is 321 g/mol. The number of carbonyl (C=O) groups excluding carboxylic acids is 1. The van der Waals surface area contributed by atoms with Crippen LogP contribution < -0.4 is 5.32 Å². The number of piperazine rings is 1. The van der Waals surface area contributed by atoms with Crippen molar-refractivity contribution in [3.63, 3.8) is 0 Å². The Kier molecular flexibility index (Phi) is 5.97. The largest absolute Gasteiger partial charge is 0.481 e. The first-order chi connectivity index (χ1) is 9.61. The molecular formula is C12H23N3O5S. The molecule has 1 saturated heterocycles. The summed E-state index contributed by atoms with van der Waals surface area (Å²) in [6.07, 6.45) is 1.01. The van der Waals surface area contributed by atoms with Crippen LogP contribution in [0.4, 0.5) is 4.79 Å². The van der Waals surface area contributed by atoms with Crippen molar-refractivity contribution in [2.24, 2.45) is 5.92 Å². The summed E-state index contributed by atoms with van der Waals surface area (Å²) in [6, 6.07) is -0.786. The summed E-state index contributed by atoms with van der Waals surface area (Å²) in [5.74, 6) is -0.960. The normalized spacial score (nSPS) is 18.6. The SMILES string of the molecule is CC(C)C(CC(=O)O)NC(=O)N1CCN(S(C)(=O)=O)CC1. The highest BCUT2D eigenvalue weighted by atomic mass is 32.2. The molecule has 0 aliphatic carbocycles. The van der Waals surface area contributed by atoms with Crippen molar-refractivity contribution in [1.29, 1.82) is 0 Å². The van der Waals surface area contributed by atoms with Crippen LogP contribution in [0.3, 0.4) is 0 Å². The predicted molar refractivity (Wildman–Crippen MR) is 77.4 cm³/mol. The fourth-order valence-electron chi connectivity index (χ4n) is 2.11. The highest BCUT2D eigenvalue weighted by Crippen LogP contribution is 2.10. The first kappa shape index (κ1) is 17.7. The number of hydrogen-bond acceptors (Lipinski definition) is 4. The zero-order chi connectivity index (χ0) is 16.2. The summed E-state index contributed by atoms with van der Waals surface area (Å²) in [6.45, 7) is 4.81. The summed E-state index contributed by atoms with van der Waals surface area (Å²) in [5.41, 5.74) is 0. The van der Waals surface area contributed by atoms with Crippen molar-refractivity contribution in [3.05, 3.63) is 0 Å². The van der Waals surface area contributed by atoms with Gasteiger partial charge in [-0.2, -0.15) is 4.31 Å². The Labute approximate surface area is 125 Å². The van der Waals surface area contributed by atoms with Crippen molar-refractivity contribution in [1.82, 2.24) is 14.5 Å². The lowest BCUT2D eigenvalue weighted by Crippen LogP contribution is -2.55. The average Bonchev–Trinajstić information content (AvgIpc) is 2.36. The van der Waals surface area contributed by atoms with E-state index in [0.717, 1.165) is 6.26 Å². The number of amides is 2. The molecule has 1 atom stereocenters. The van der Waals surface area contributed by atoms with Gasteiger partial charge in [0.15, 0.2) is 0 Å². The molecule has 122 valence electrons. The van der Waals surface area contributed by atoms with Crippen LogP contribution in [0.1, 0.15) is 20.3 Å². The molecular weight excluding hydrogens is 298 g/mol. The van der Waals surface area contributed by atoms with Gasteiger partial charge in [-0.05, 0) is 5.92 Å². The number of carboxylic acid groups (broad SMARTS) is 1. The van der Waals surface area contributed by atoms with Crippen LogP contribution >= 0.6 is 0 Å². The van der Waals surface area contributed by atoms with Crippen LogP contribution in [0.15, 0.2) is 0 Å². The standard InChI is InChI=1S/C12H23N3O5S/c1-9(2)10(8-11(16)17)13-12(18)14-4-6-15(7-5-14)21(3,19)20/h9-10H,4-8H2,1-3H3,(H,13,18)(H,16,17). The van der Waals surface area contributed by atoms with E-state index in [1.165, 1.54) is 9.21 Å². The number of hydrogen-bond donors (Lipinski definition) is 2. The summed E-state index contributed by atoms with van der Waals surface area (Å²) < 4.78 is 24.1. The molecule has 0 saturated carbocycles. The van der Waals surface area contributed by atoms with Crippen LogP contribution in [-0.4, -0.2) is 73.2 Å². The van der Waals surface area contributed by atoms with E-state index in [1.807, 2.05) is 13.8 Å². The maximum absolute atomic E-state index is 12.1. The lowest BCUT2D eigenvalue weighted by atomic mass is 10.0. The van der Waals surface area contributed by atoms with Gasteiger partial charge in [0, 0.05) is 32.2 Å². The third-order valence-electron chi connectivity index (χ3n) is 3.50. The number of nitrogens with one attached hydrogen (secondary N) is 1. The Morgan fingerprint density at radius 2 is 1.71 bits per heavy atom. The van der Waals surface area contributed by atoms with E-state index in [4.69, 9.17) is 5.11 Å². The van der Waals surface area contributed by atoms with Gasteiger partial charge in [-0.1, -0.05) is 13.8 Å². The fraction of sp³-hybridized carbons (Fsp3) is 0.833. The van der Waals surface area contributed by atoms with Crippen LogP contribution in [0.25, 0.3) is 0 Å². The second kappa shape index (κ2) is 7.08. The van der Waals surface area contributed by atoms with Gasteiger partial charge < -0.3 is 15.3 Å². The smallest absolute Gasteiger partial charge is 0.317 e. The number of urea groups is 1. The van der Waals surface area contributed by atoms with Crippen LogP contribution in [0, 0.1) is 5.92 Å². The number of carbonyl (C=O) groups is 2. The Morgan fingerprint density at radius 3 is 2.10 bits per heavy atom. The molecule has 9 heteroatoms. The van der Waals surface area contributed by atoms with Crippen molar-refractivity contribution < 1.29 is 23.1 Å². The third-order valence-corrected chi connectivity index (χ3v) is 4.81. The number of carboxylic acids is 1. The third kappa shape index (κ3) is 5.50. The minimum atomic E-state index is -3.23. The molecule has 0 bridgehead atoms. The Morgan fingerprint density at radius 1 is 1.19 bits per heavy atom. The predicted octanol–water partition coefficient (Wildman–Crippen LogP) is -0.227. The average molecular weight is 321 g/mol. The molecule has 21 heavy (non-hydrogen) atoms. The van der Waals surface area contributed by atoms with Crippen LogP contribution in [0.2, 0.25) is 0 Å². The van der Waals surface area contributed by atoms with Gasteiger partial charge in [0.1, 0.15) is 0 Å². The molecule has 1 aliphatic heterocycles. The molecule has 0 aromatic heterocycles. The molecule has 1 unspecified atom stereocenters. The van der Waals surface area contributed by atoms with Crippen molar-refractivity contribution in [2.45, 2.75) is 26.3 Å². The number of nitrogens with zero attached hydrogens (tertiary/aromatic N) is 2. The van der Waals surface area contributed by atoms with Crippen molar-refractivity contribution in [3.8, 4) is 0 Å². The molecule has 2 N–H and O–H groups in total. The maximum atomic E-state index is 12.1. The van der Waals surface area contributed by atoms with Crippen LogP contribution in [0.5, 0.6) is 0 Å². The van der Waals surface area contributed by atoms with E-state index >= 15 is 0 Å². The lowest BCUT2D eigenvalue weighted by Gasteiger charge is -2.34. The summed E-state index contributed by atoms with van der Waals surface area (Å²) in [5, 5.41) is 11.6. The first-order valence-electron chi connectivity index (χ1n) is 6.83. The maximum Gasteiger partial charge on any atom is 0.317 e. The second-order valence-corrected chi connectivity index (χ2v) is 7.53. The highest BCUT2D eigenvalue weighted by Gasteiger charge is 2.28. The van der Waals surface area contributed by atoms with Gasteiger partial charge >= 0.3 is 12.0 Å². The molecule has 1 rings (SSSR count). The van der Waals surface area contributed by atoms with Gasteiger partial charge in [-0.15, -0.1) is 0 Å². The molecule has 0 spiro atoms. The van der Waals surface area contributed by atoms with Gasteiger partial charge in [0.25, 0.3) is 0 Å². The van der Waals surface area contributed by atoms with Gasteiger partial charge in [0.2, 0.25) is 10.0 Å². The quantitative estimate of drug-likeness (QED) is 0.727. The number of sulfonamides is 1. The first-order valence-corrected chi connectivity index (χ1v) is 8.68. The number of rotatable bonds is 5. The Hall–Kier alpha value is -1.35. The molecule has 0 radical (unpaired) electrons. The Balaban J connectivity index is 2.55. The van der Waals surface area contributed by atoms with E-state index in [2.05, 4.69) is 5.32 Å². The van der Waals surface area contributed by atoms with E-state index in [0.29, 0.717) is 13.1 Å². The zero-order valence-electron chi connectivity index (χ0n) is 12.6.